The van der Waals surface area contributed by atoms with Crippen LogP contribution in [0, 0.1) is 5.41 Å². The molecule has 0 bridgehead atoms. The summed E-state index contributed by atoms with van der Waals surface area (Å²) in [6, 6.07) is 3.70. The van der Waals surface area contributed by atoms with Gasteiger partial charge in [0.15, 0.2) is 0 Å². The fourth-order valence-corrected chi connectivity index (χ4v) is 4.68. The molecule has 0 saturated heterocycles. The van der Waals surface area contributed by atoms with E-state index in [1.807, 2.05) is 13.8 Å². The zero-order valence-corrected chi connectivity index (χ0v) is 17.3. The molecule has 0 saturated carbocycles. The van der Waals surface area contributed by atoms with Crippen LogP contribution in [0.3, 0.4) is 0 Å². The zero-order valence-electron chi connectivity index (χ0n) is 15.6. The van der Waals surface area contributed by atoms with Gasteiger partial charge in [0.1, 0.15) is 4.90 Å². The Bertz CT molecular complexity index is 821. The number of halogens is 1. The lowest BCUT2D eigenvalue weighted by Crippen LogP contribution is -2.39. The first-order valence-electron chi connectivity index (χ1n) is 8.11. The van der Waals surface area contributed by atoms with Gasteiger partial charge in [-0.05, 0) is 44.0 Å². The molecule has 2 rings (SSSR count). The number of amides is 2. The molecule has 146 valence electrons. The van der Waals surface area contributed by atoms with Crippen molar-refractivity contribution in [2.45, 2.75) is 38.6 Å². The number of nitrogens with zero attached hydrogens (tertiary/aromatic N) is 2. The normalized spacial score (nSPS) is 15.7. The second-order valence-corrected chi connectivity index (χ2v) is 9.22. The van der Waals surface area contributed by atoms with E-state index in [4.69, 9.17) is 5.73 Å². The lowest BCUT2D eigenvalue weighted by molar-refractivity contribution is 0.0739. The SMILES string of the molecule is CC(C)N1C(=O)c2ccc(C(=O)N(C)CC(C)(C)CN)cc2S1(=O)=O.Cl. The van der Waals surface area contributed by atoms with E-state index in [0.29, 0.717) is 13.1 Å². The molecule has 0 unspecified atom stereocenters. The van der Waals surface area contributed by atoms with Crippen molar-refractivity contribution in [3.63, 3.8) is 0 Å². The van der Waals surface area contributed by atoms with Crippen molar-refractivity contribution < 1.29 is 18.0 Å². The second kappa shape index (κ2) is 7.54. The number of hydrogen-bond acceptors (Lipinski definition) is 5. The molecular formula is C17H26ClN3O4S. The molecule has 0 fully saturated rings. The third kappa shape index (κ3) is 3.87. The number of benzene rings is 1. The van der Waals surface area contributed by atoms with Gasteiger partial charge in [0, 0.05) is 25.2 Å². The third-order valence-electron chi connectivity index (χ3n) is 4.23. The quantitative estimate of drug-likeness (QED) is 0.806. The van der Waals surface area contributed by atoms with E-state index in [9.17, 15) is 18.0 Å². The fraction of sp³-hybridized carbons (Fsp3) is 0.529. The van der Waals surface area contributed by atoms with Crippen molar-refractivity contribution >= 4 is 34.2 Å². The molecule has 0 aromatic heterocycles. The van der Waals surface area contributed by atoms with Gasteiger partial charge in [-0.25, -0.2) is 12.7 Å². The van der Waals surface area contributed by atoms with Crippen LogP contribution in [0.5, 0.6) is 0 Å². The molecule has 0 radical (unpaired) electrons. The van der Waals surface area contributed by atoms with Crippen molar-refractivity contribution in [1.82, 2.24) is 9.21 Å². The number of fused-ring (bicyclic) bond motifs is 1. The molecule has 0 aliphatic carbocycles. The van der Waals surface area contributed by atoms with Gasteiger partial charge in [-0.2, -0.15) is 0 Å². The number of nitrogens with two attached hydrogens (primary N) is 1. The predicted octanol–water partition coefficient (Wildman–Crippen LogP) is 1.72. The van der Waals surface area contributed by atoms with E-state index in [-0.39, 0.29) is 39.8 Å². The first kappa shape index (κ1) is 22.4. The summed E-state index contributed by atoms with van der Waals surface area (Å²) in [7, 11) is -2.28. The van der Waals surface area contributed by atoms with Gasteiger partial charge in [-0.1, -0.05) is 13.8 Å². The summed E-state index contributed by atoms with van der Waals surface area (Å²) in [4.78, 5) is 26.4. The molecule has 0 spiro atoms. The van der Waals surface area contributed by atoms with Gasteiger partial charge < -0.3 is 10.6 Å². The first-order chi connectivity index (χ1) is 11.4. The summed E-state index contributed by atoms with van der Waals surface area (Å²) < 4.78 is 26.1. The molecule has 1 heterocycles. The third-order valence-corrected chi connectivity index (χ3v) is 6.23. The average Bonchev–Trinajstić information content (AvgIpc) is 2.72. The van der Waals surface area contributed by atoms with Crippen molar-refractivity contribution in [3.8, 4) is 0 Å². The van der Waals surface area contributed by atoms with Crippen LogP contribution in [0.1, 0.15) is 48.4 Å². The molecule has 9 heteroatoms. The summed E-state index contributed by atoms with van der Waals surface area (Å²) in [5, 5.41) is 0. The molecule has 1 aliphatic heterocycles. The van der Waals surface area contributed by atoms with E-state index < -0.39 is 22.0 Å². The predicted molar refractivity (Wildman–Crippen MR) is 102 cm³/mol. The van der Waals surface area contributed by atoms with Gasteiger partial charge in [0.2, 0.25) is 0 Å². The Balaban J connectivity index is 0.00000338. The first-order valence-corrected chi connectivity index (χ1v) is 9.55. The Kier molecular flexibility index (Phi) is 6.50. The van der Waals surface area contributed by atoms with Crippen molar-refractivity contribution in [1.29, 1.82) is 0 Å². The van der Waals surface area contributed by atoms with E-state index in [1.54, 1.807) is 20.9 Å². The molecule has 1 aromatic carbocycles. The highest BCUT2D eigenvalue weighted by molar-refractivity contribution is 7.90. The van der Waals surface area contributed by atoms with Crippen LogP contribution < -0.4 is 5.73 Å². The maximum atomic E-state index is 12.6. The van der Waals surface area contributed by atoms with Crippen LogP contribution in [0.15, 0.2) is 23.1 Å². The molecule has 1 aromatic rings. The summed E-state index contributed by atoms with van der Waals surface area (Å²) in [6.07, 6.45) is 0. The fourth-order valence-electron chi connectivity index (χ4n) is 2.89. The summed E-state index contributed by atoms with van der Waals surface area (Å²) in [5.41, 5.74) is 5.79. The number of hydrogen-bond donors (Lipinski definition) is 1. The Morgan fingerprint density at radius 1 is 1.31 bits per heavy atom. The maximum absolute atomic E-state index is 12.6. The van der Waals surface area contributed by atoms with Gasteiger partial charge in [-0.3, -0.25) is 9.59 Å². The molecule has 0 atom stereocenters. The molecule has 2 N–H and O–H groups in total. The summed E-state index contributed by atoms with van der Waals surface area (Å²) >= 11 is 0. The Morgan fingerprint density at radius 2 is 1.88 bits per heavy atom. The van der Waals surface area contributed by atoms with Crippen LogP contribution in [-0.4, -0.2) is 55.6 Å². The van der Waals surface area contributed by atoms with Gasteiger partial charge in [-0.15, -0.1) is 12.4 Å². The van der Waals surface area contributed by atoms with E-state index in [2.05, 4.69) is 0 Å². The van der Waals surface area contributed by atoms with Crippen molar-refractivity contribution in [2.24, 2.45) is 11.1 Å². The highest BCUT2D eigenvalue weighted by atomic mass is 35.5. The second-order valence-electron chi connectivity index (χ2n) is 7.44. The average molecular weight is 404 g/mol. The van der Waals surface area contributed by atoms with Crippen LogP contribution in [-0.2, 0) is 10.0 Å². The van der Waals surface area contributed by atoms with E-state index in [1.165, 1.54) is 23.1 Å². The molecule has 2 amide bonds. The van der Waals surface area contributed by atoms with Crippen LogP contribution in [0.4, 0.5) is 0 Å². The highest BCUT2D eigenvalue weighted by Gasteiger charge is 2.43. The largest absolute Gasteiger partial charge is 0.341 e. The zero-order chi connectivity index (χ0) is 19.2. The van der Waals surface area contributed by atoms with E-state index in [0.717, 1.165) is 4.31 Å². The topological polar surface area (TPSA) is 101 Å². The lowest BCUT2D eigenvalue weighted by atomic mass is 9.93. The summed E-state index contributed by atoms with van der Waals surface area (Å²) in [5.74, 6) is -0.864. The standard InChI is InChI=1S/C17H25N3O4S.ClH/c1-11(2)20-16(22)13-7-6-12(8-14(13)25(20,23)24)15(21)19(5)10-17(3,4)9-18;/h6-8,11H,9-10,18H2,1-5H3;1H. The Labute approximate surface area is 161 Å². The monoisotopic (exact) mass is 403 g/mol. The minimum Gasteiger partial charge on any atom is -0.341 e. The molecule has 26 heavy (non-hydrogen) atoms. The summed E-state index contributed by atoms with van der Waals surface area (Å²) in [6.45, 7) is 8.02. The van der Waals surface area contributed by atoms with Gasteiger partial charge in [0.05, 0.1) is 5.56 Å². The maximum Gasteiger partial charge on any atom is 0.269 e. The number of carbonyl (C=O) groups excluding carboxylic acids is 2. The Hall–Kier alpha value is -1.64. The molecule has 1 aliphatic rings. The molecular weight excluding hydrogens is 378 g/mol. The van der Waals surface area contributed by atoms with Gasteiger partial charge in [0.25, 0.3) is 21.8 Å². The highest BCUT2D eigenvalue weighted by Crippen LogP contribution is 2.32. The van der Waals surface area contributed by atoms with Gasteiger partial charge >= 0.3 is 0 Å². The van der Waals surface area contributed by atoms with Crippen LogP contribution >= 0.6 is 12.4 Å². The van der Waals surface area contributed by atoms with Crippen LogP contribution in [0.2, 0.25) is 0 Å². The number of rotatable bonds is 5. The smallest absolute Gasteiger partial charge is 0.269 e. The number of carbonyl (C=O) groups is 2. The molecule has 7 nitrogen and oxygen atoms in total. The van der Waals surface area contributed by atoms with Crippen molar-refractivity contribution in [3.05, 3.63) is 29.3 Å². The lowest BCUT2D eigenvalue weighted by Gasteiger charge is -2.29. The van der Waals surface area contributed by atoms with E-state index >= 15 is 0 Å². The number of sulfonamides is 1. The Morgan fingerprint density at radius 3 is 2.38 bits per heavy atom. The van der Waals surface area contributed by atoms with Crippen LogP contribution in [0.25, 0.3) is 0 Å². The minimum atomic E-state index is -3.92. The van der Waals surface area contributed by atoms with Crippen molar-refractivity contribution in [2.75, 3.05) is 20.1 Å². The minimum absolute atomic E-state index is 0.